The lowest BCUT2D eigenvalue weighted by Gasteiger charge is -2.29. The fourth-order valence-electron chi connectivity index (χ4n) is 4.83. The fraction of sp³-hybridized carbons (Fsp3) is 0.727. The van der Waals surface area contributed by atoms with Gasteiger partial charge in [-0.1, -0.05) is 63.8 Å². The molecule has 0 bridgehead atoms. The van der Waals surface area contributed by atoms with Gasteiger partial charge < -0.3 is 0 Å². The van der Waals surface area contributed by atoms with Crippen LogP contribution in [0, 0.1) is 11.8 Å². The predicted octanol–water partition coefficient (Wildman–Crippen LogP) is 7.05. The Morgan fingerprint density at radius 2 is 1.18 bits per heavy atom. The minimum Gasteiger partial charge on any atom is -0.0654 e. The van der Waals surface area contributed by atoms with Crippen LogP contribution in [-0.4, -0.2) is 0 Å². The van der Waals surface area contributed by atoms with Gasteiger partial charge in [-0.3, -0.25) is 0 Å². The van der Waals surface area contributed by atoms with Gasteiger partial charge in [0.15, 0.2) is 0 Å². The lowest BCUT2D eigenvalue weighted by atomic mass is 9.76. The van der Waals surface area contributed by atoms with E-state index in [-0.39, 0.29) is 0 Å². The fourth-order valence-corrected chi connectivity index (χ4v) is 4.83. The predicted molar refractivity (Wildman–Crippen MR) is 96.4 cm³/mol. The summed E-state index contributed by atoms with van der Waals surface area (Å²) in [5.74, 6) is 3.65. The highest BCUT2D eigenvalue weighted by Crippen LogP contribution is 2.39. The Morgan fingerprint density at radius 1 is 0.727 bits per heavy atom. The maximum absolute atomic E-state index is 2.46. The summed E-state index contributed by atoms with van der Waals surface area (Å²) in [5, 5.41) is 0. The first-order chi connectivity index (χ1) is 10.8. The van der Waals surface area contributed by atoms with Crippen molar-refractivity contribution >= 4 is 0 Å². The van der Waals surface area contributed by atoms with Crippen LogP contribution in [0.2, 0.25) is 0 Å². The zero-order valence-corrected chi connectivity index (χ0v) is 14.7. The van der Waals surface area contributed by atoms with Gasteiger partial charge in [-0.15, -0.1) is 0 Å². The van der Waals surface area contributed by atoms with Gasteiger partial charge in [0.2, 0.25) is 0 Å². The van der Waals surface area contributed by atoms with Gasteiger partial charge in [0.05, 0.1) is 0 Å². The molecule has 0 saturated heterocycles. The van der Waals surface area contributed by atoms with Crippen LogP contribution in [0.3, 0.4) is 0 Å². The molecule has 0 N–H and O–H groups in total. The Kier molecular flexibility index (Phi) is 5.61. The zero-order valence-electron chi connectivity index (χ0n) is 14.7. The van der Waals surface area contributed by atoms with E-state index in [1.165, 1.54) is 64.2 Å². The molecule has 3 rings (SSSR count). The first-order valence-electron chi connectivity index (χ1n) is 9.86. The third-order valence-electron chi connectivity index (χ3n) is 6.44. The molecule has 0 unspecified atom stereocenters. The second-order valence-electron chi connectivity index (χ2n) is 8.13. The lowest BCUT2D eigenvalue weighted by Crippen LogP contribution is -2.13. The van der Waals surface area contributed by atoms with Crippen molar-refractivity contribution in [2.45, 2.75) is 89.9 Å². The SMILES string of the molecule is CCCC1CCC(c2ccc(C3CCC(C)CC3)cc2)CC1. The molecule has 0 heteroatoms. The molecule has 0 amide bonds. The van der Waals surface area contributed by atoms with E-state index in [2.05, 4.69) is 38.1 Å². The van der Waals surface area contributed by atoms with Gasteiger partial charge in [-0.05, 0) is 73.3 Å². The van der Waals surface area contributed by atoms with Crippen molar-refractivity contribution in [2.75, 3.05) is 0 Å². The van der Waals surface area contributed by atoms with Crippen LogP contribution in [0.1, 0.15) is 101 Å². The van der Waals surface area contributed by atoms with E-state index < -0.39 is 0 Å². The minimum atomic E-state index is 0.838. The molecular weight excluding hydrogens is 264 g/mol. The molecule has 0 aromatic heterocycles. The number of rotatable bonds is 4. The largest absolute Gasteiger partial charge is 0.0654 e. The van der Waals surface area contributed by atoms with E-state index >= 15 is 0 Å². The summed E-state index contributed by atoms with van der Waals surface area (Å²) in [6, 6.07) is 9.82. The quantitative estimate of drug-likeness (QED) is 0.558. The molecular formula is C22H34. The Balaban J connectivity index is 1.56. The van der Waals surface area contributed by atoms with Crippen molar-refractivity contribution in [3.05, 3.63) is 35.4 Å². The highest BCUT2D eigenvalue weighted by molar-refractivity contribution is 5.28. The Bertz CT molecular complexity index is 428. The van der Waals surface area contributed by atoms with Crippen molar-refractivity contribution in [1.82, 2.24) is 0 Å². The topological polar surface area (TPSA) is 0 Å². The maximum Gasteiger partial charge on any atom is -0.0162 e. The summed E-state index contributed by atoms with van der Waals surface area (Å²) < 4.78 is 0. The van der Waals surface area contributed by atoms with Crippen molar-refractivity contribution < 1.29 is 0 Å². The normalized spacial score (nSPS) is 32.8. The summed E-state index contributed by atoms with van der Waals surface area (Å²) >= 11 is 0. The first-order valence-corrected chi connectivity index (χ1v) is 9.86. The number of benzene rings is 1. The smallest absolute Gasteiger partial charge is 0.0162 e. The molecule has 2 aliphatic rings. The van der Waals surface area contributed by atoms with Crippen molar-refractivity contribution in [3.63, 3.8) is 0 Å². The maximum atomic E-state index is 2.46. The van der Waals surface area contributed by atoms with Crippen LogP contribution in [0.15, 0.2) is 24.3 Å². The summed E-state index contributed by atoms with van der Waals surface area (Å²) in [6.07, 6.45) is 14.2. The monoisotopic (exact) mass is 298 g/mol. The molecule has 0 atom stereocenters. The zero-order chi connectivity index (χ0) is 15.4. The van der Waals surface area contributed by atoms with Gasteiger partial charge in [0.25, 0.3) is 0 Å². The van der Waals surface area contributed by atoms with Crippen LogP contribution < -0.4 is 0 Å². The highest BCUT2D eigenvalue weighted by atomic mass is 14.3. The van der Waals surface area contributed by atoms with Crippen LogP contribution in [0.25, 0.3) is 0 Å². The molecule has 2 fully saturated rings. The third kappa shape index (κ3) is 3.94. The molecule has 1 aromatic carbocycles. The number of hydrogen-bond donors (Lipinski definition) is 0. The minimum absolute atomic E-state index is 0.838. The Labute approximate surface area is 137 Å². The Hall–Kier alpha value is -0.780. The summed E-state index contributed by atoms with van der Waals surface area (Å²) in [7, 11) is 0. The van der Waals surface area contributed by atoms with Gasteiger partial charge in [-0.2, -0.15) is 0 Å². The van der Waals surface area contributed by atoms with Crippen LogP contribution >= 0.6 is 0 Å². The average molecular weight is 299 g/mol. The molecule has 2 saturated carbocycles. The summed E-state index contributed by atoms with van der Waals surface area (Å²) in [6.45, 7) is 4.74. The first kappa shape index (κ1) is 16.1. The van der Waals surface area contributed by atoms with Gasteiger partial charge in [0, 0.05) is 0 Å². The summed E-state index contributed by atoms with van der Waals surface area (Å²) in [5.41, 5.74) is 3.22. The van der Waals surface area contributed by atoms with Crippen LogP contribution in [-0.2, 0) is 0 Å². The molecule has 0 spiro atoms. The molecule has 0 nitrogen and oxygen atoms in total. The van der Waals surface area contributed by atoms with Gasteiger partial charge >= 0.3 is 0 Å². The highest BCUT2D eigenvalue weighted by Gasteiger charge is 2.23. The molecule has 22 heavy (non-hydrogen) atoms. The van der Waals surface area contributed by atoms with Crippen molar-refractivity contribution in [2.24, 2.45) is 11.8 Å². The third-order valence-corrected chi connectivity index (χ3v) is 6.44. The van der Waals surface area contributed by atoms with E-state index in [1.807, 2.05) is 0 Å². The second-order valence-corrected chi connectivity index (χ2v) is 8.13. The van der Waals surface area contributed by atoms with E-state index in [0.29, 0.717) is 0 Å². The van der Waals surface area contributed by atoms with E-state index in [0.717, 1.165) is 23.7 Å². The molecule has 0 radical (unpaired) electrons. The second kappa shape index (κ2) is 7.66. The van der Waals surface area contributed by atoms with Crippen LogP contribution in [0.5, 0.6) is 0 Å². The van der Waals surface area contributed by atoms with Crippen LogP contribution in [0.4, 0.5) is 0 Å². The van der Waals surface area contributed by atoms with Gasteiger partial charge in [0.1, 0.15) is 0 Å². The van der Waals surface area contributed by atoms with E-state index in [4.69, 9.17) is 0 Å². The molecule has 0 heterocycles. The molecule has 1 aromatic rings. The Morgan fingerprint density at radius 3 is 1.64 bits per heavy atom. The van der Waals surface area contributed by atoms with Crippen molar-refractivity contribution in [1.29, 1.82) is 0 Å². The van der Waals surface area contributed by atoms with Crippen molar-refractivity contribution in [3.8, 4) is 0 Å². The number of hydrogen-bond acceptors (Lipinski definition) is 0. The van der Waals surface area contributed by atoms with Gasteiger partial charge in [-0.25, -0.2) is 0 Å². The average Bonchev–Trinajstić information content (AvgIpc) is 2.57. The lowest BCUT2D eigenvalue weighted by molar-refractivity contribution is 0.308. The van der Waals surface area contributed by atoms with E-state index in [1.54, 1.807) is 11.1 Å². The molecule has 0 aliphatic heterocycles. The summed E-state index contributed by atoms with van der Waals surface area (Å²) in [4.78, 5) is 0. The van der Waals surface area contributed by atoms with E-state index in [9.17, 15) is 0 Å². The standard InChI is InChI=1S/C22H34/c1-3-4-18-7-11-20(12-8-18)22-15-13-21(14-16-22)19-9-5-17(2)6-10-19/h13-20H,3-12H2,1-2H3. The molecule has 2 aliphatic carbocycles. The molecule has 122 valence electrons.